The number of aliphatic hydroxyl groups excluding tert-OH is 3. The average molecular weight is 748 g/mol. The van der Waals surface area contributed by atoms with Crippen LogP contribution >= 0.6 is 23.2 Å². The van der Waals surface area contributed by atoms with Crippen molar-refractivity contribution in [1.82, 2.24) is 19.6 Å². The number of hydrogen-bond donors (Lipinski definition) is 3. The van der Waals surface area contributed by atoms with Crippen molar-refractivity contribution in [2.45, 2.75) is 13.8 Å². The smallest absolute Gasteiger partial charge is 0.358 e. The Morgan fingerprint density at radius 2 is 0.846 bits per heavy atom. The summed E-state index contributed by atoms with van der Waals surface area (Å²) in [6.45, 7) is 3.91. The van der Waals surface area contributed by atoms with Gasteiger partial charge in [0.05, 0.1) is 36.0 Å². The van der Waals surface area contributed by atoms with Gasteiger partial charge in [-0.05, 0) is 50.2 Å². The van der Waals surface area contributed by atoms with Crippen LogP contribution in [0, 0.1) is 0 Å². The summed E-state index contributed by atoms with van der Waals surface area (Å²) >= 11 is 13.3. The normalized spacial score (nSPS) is 10.0. The monoisotopic (exact) mass is 746 g/mol. The van der Waals surface area contributed by atoms with E-state index in [-0.39, 0.29) is 24.6 Å². The van der Waals surface area contributed by atoms with Gasteiger partial charge in [-0.25, -0.2) is 19.0 Å². The number of benzene rings is 4. The number of aromatic nitrogens is 4. The number of aliphatic hydroxyl groups is 3. The first kappa shape index (κ1) is 41.1. The van der Waals surface area contributed by atoms with Crippen molar-refractivity contribution in [2.75, 3.05) is 34.5 Å². The average Bonchev–Trinajstić information content (AvgIpc) is 3.84. The largest absolute Gasteiger partial charge is 0.461 e. The highest BCUT2D eigenvalue weighted by Crippen LogP contribution is 2.38. The first-order valence-corrected chi connectivity index (χ1v) is 16.7. The van der Waals surface area contributed by atoms with Crippen LogP contribution in [0.5, 0.6) is 0 Å². The minimum atomic E-state index is -0.542. The Bertz CT molecular complexity index is 1930. The molecule has 0 saturated carbocycles. The fraction of sp³-hybridized carbons (Fsp3) is 0.179. The van der Waals surface area contributed by atoms with Crippen LogP contribution in [0.25, 0.3) is 45.0 Å². The molecule has 2 aromatic heterocycles. The van der Waals surface area contributed by atoms with Crippen molar-refractivity contribution in [3.63, 3.8) is 0 Å². The Labute approximate surface area is 312 Å². The highest BCUT2D eigenvalue weighted by atomic mass is 35.5. The molecule has 4 aromatic carbocycles. The summed E-state index contributed by atoms with van der Waals surface area (Å²) in [6.07, 6.45) is 0. The van der Waals surface area contributed by atoms with E-state index in [1.807, 2.05) is 84.9 Å². The molecule has 272 valence electrons. The van der Waals surface area contributed by atoms with Crippen molar-refractivity contribution in [3.8, 4) is 45.0 Å². The number of carbonyl (C=O) groups excluding carboxylic acids is 2. The molecule has 3 N–H and O–H groups in total. The zero-order chi connectivity index (χ0) is 38.2. The molecule has 0 radical (unpaired) electrons. The van der Waals surface area contributed by atoms with Crippen LogP contribution in [0.4, 0.5) is 0 Å². The highest BCUT2D eigenvalue weighted by molar-refractivity contribution is 6.33. The lowest BCUT2D eigenvalue weighted by atomic mass is 10.0. The Kier molecular flexibility index (Phi) is 16.2. The Hall–Kier alpha value is -5.30. The SMILES string of the molecule is CCOC(=O)c1cc(-c2ccccc2Cl)n(-c2ccccc2-c2ccccc2-n2nc(C(=O)OCC)cc2-c2ccccc2Cl)n1.CO.CO.CO. The molecule has 0 aliphatic carbocycles. The van der Waals surface area contributed by atoms with Gasteiger partial charge in [-0.2, -0.15) is 10.2 Å². The van der Waals surface area contributed by atoms with E-state index in [0.29, 0.717) is 43.9 Å². The molecule has 6 aromatic rings. The molecule has 0 bridgehead atoms. The molecule has 6 rings (SSSR count). The van der Waals surface area contributed by atoms with Crippen molar-refractivity contribution in [1.29, 1.82) is 0 Å². The van der Waals surface area contributed by atoms with E-state index in [2.05, 4.69) is 0 Å². The van der Waals surface area contributed by atoms with Crippen molar-refractivity contribution in [3.05, 3.63) is 131 Å². The van der Waals surface area contributed by atoms with Gasteiger partial charge in [0.1, 0.15) is 0 Å². The van der Waals surface area contributed by atoms with E-state index in [9.17, 15) is 9.59 Å². The van der Waals surface area contributed by atoms with E-state index in [1.54, 1.807) is 47.5 Å². The molecule has 52 heavy (non-hydrogen) atoms. The van der Waals surface area contributed by atoms with E-state index in [1.165, 1.54) is 0 Å². The number of rotatable bonds is 9. The second-order valence-corrected chi connectivity index (χ2v) is 10.9. The lowest BCUT2D eigenvalue weighted by molar-refractivity contribution is 0.0509. The second-order valence-electron chi connectivity index (χ2n) is 10.1. The van der Waals surface area contributed by atoms with Gasteiger partial charge in [-0.3, -0.25) is 0 Å². The summed E-state index contributed by atoms with van der Waals surface area (Å²) in [5.41, 5.74) is 5.82. The maximum atomic E-state index is 12.9. The van der Waals surface area contributed by atoms with Gasteiger partial charge in [-0.1, -0.05) is 96.0 Å². The number of halogens is 2. The molecule has 0 fully saturated rings. The molecule has 0 amide bonds. The predicted molar refractivity (Wildman–Crippen MR) is 203 cm³/mol. The Balaban J connectivity index is 0.00000116. The second kappa shape index (κ2) is 20.5. The highest BCUT2D eigenvalue weighted by Gasteiger charge is 2.24. The quantitative estimate of drug-likeness (QED) is 0.128. The topological polar surface area (TPSA) is 149 Å². The maximum absolute atomic E-state index is 12.9. The number of para-hydroxylation sites is 2. The lowest BCUT2D eigenvalue weighted by Gasteiger charge is -2.17. The van der Waals surface area contributed by atoms with Gasteiger partial charge in [0, 0.05) is 53.6 Å². The third-order valence-electron chi connectivity index (χ3n) is 7.24. The summed E-state index contributed by atoms with van der Waals surface area (Å²) < 4.78 is 14.0. The van der Waals surface area contributed by atoms with Gasteiger partial charge in [0.2, 0.25) is 0 Å². The Morgan fingerprint density at radius 1 is 0.538 bits per heavy atom. The third kappa shape index (κ3) is 9.13. The number of carbonyl (C=O) groups is 2. The summed E-state index contributed by atoms with van der Waals surface area (Å²) in [7, 11) is 3.00. The molecular formula is C39H40Cl2N4O7. The first-order valence-electron chi connectivity index (χ1n) is 16.0. The molecular weight excluding hydrogens is 707 g/mol. The summed E-state index contributed by atoms with van der Waals surface area (Å²) in [4.78, 5) is 25.7. The first-order chi connectivity index (χ1) is 25.4. The number of ether oxygens (including phenoxy) is 2. The number of esters is 2. The molecule has 11 nitrogen and oxygen atoms in total. The van der Waals surface area contributed by atoms with Crippen LogP contribution in [0.1, 0.15) is 34.8 Å². The molecule has 0 atom stereocenters. The lowest BCUT2D eigenvalue weighted by Crippen LogP contribution is -2.09. The van der Waals surface area contributed by atoms with Gasteiger partial charge < -0.3 is 24.8 Å². The maximum Gasteiger partial charge on any atom is 0.358 e. The van der Waals surface area contributed by atoms with E-state index < -0.39 is 11.9 Å². The van der Waals surface area contributed by atoms with Gasteiger partial charge in [0.15, 0.2) is 11.4 Å². The van der Waals surface area contributed by atoms with E-state index >= 15 is 0 Å². The molecule has 0 aliphatic heterocycles. The molecule has 0 saturated heterocycles. The van der Waals surface area contributed by atoms with Gasteiger partial charge in [0.25, 0.3) is 0 Å². The van der Waals surface area contributed by atoms with Crippen LogP contribution in [0.2, 0.25) is 10.0 Å². The fourth-order valence-corrected chi connectivity index (χ4v) is 5.70. The number of hydrogen-bond acceptors (Lipinski definition) is 9. The molecule has 0 unspecified atom stereocenters. The van der Waals surface area contributed by atoms with Gasteiger partial charge in [-0.15, -0.1) is 0 Å². The predicted octanol–water partition coefficient (Wildman–Crippen LogP) is 7.54. The van der Waals surface area contributed by atoms with Crippen molar-refractivity contribution >= 4 is 35.1 Å². The van der Waals surface area contributed by atoms with Gasteiger partial charge >= 0.3 is 11.9 Å². The third-order valence-corrected chi connectivity index (χ3v) is 7.90. The number of nitrogens with zero attached hydrogens (tertiary/aromatic N) is 4. The van der Waals surface area contributed by atoms with Crippen LogP contribution in [0.15, 0.2) is 109 Å². The van der Waals surface area contributed by atoms with Crippen LogP contribution in [0.3, 0.4) is 0 Å². The van der Waals surface area contributed by atoms with Crippen molar-refractivity contribution < 1.29 is 34.4 Å². The van der Waals surface area contributed by atoms with Crippen molar-refractivity contribution in [2.24, 2.45) is 0 Å². The minimum absolute atomic E-state index is 0.145. The van der Waals surface area contributed by atoms with Crippen LogP contribution in [-0.4, -0.2) is 81.4 Å². The standard InChI is InChI=1S/C36H28Cl2N4O4.3CH4O/c1-3-45-35(43)29-21-33(25-15-5-9-17-27(25)37)41(39-29)31-19-11-7-13-23(31)24-14-8-12-20-32(24)42-34(26-16-6-10-18-28(26)38)22-30(40-42)36(44)46-4-2;3*1-2/h5-22H,3-4H2,1-2H3;3*2H,1H3. The fourth-order valence-electron chi connectivity index (χ4n) is 5.23. The summed E-state index contributed by atoms with van der Waals surface area (Å²) in [5.74, 6) is -1.08. The molecule has 2 heterocycles. The molecule has 0 aliphatic rings. The van der Waals surface area contributed by atoms with E-state index in [4.69, 9.17) is 58.2 Å². The van der Waals surface area contributed by atoms with Crippen LogP contribution < -0.4 is 0 Å². The summed E-state index contributed by atoms with van der Waals surface area (Å²) in [6, 6.07) is 33.5. The van der Waals surface area contributed by atoms with Crippen LogP contribution in [-0.2, 0) is 9.47 Å². The minimum Gasteiger partial charge on any atom is -0.461 e. The molecule has 0 spiro atoms. The zero-order valence-corrected chi connectivity index (χ0v) is 30.8. The summed E-state index contributed by atoms with van der Waals surface area (Å²) in [5, 5.41) is 31.4. The zero-order valence-electron chi connectivity index (χ0n) is 29.3. The Morgan fingerprint density at radius 3 is 1.17 bits per heavy atom. The molecule has 13 heteroatoms. The van der Waals surface area contributed by atoms with E-state index in [0.717, 1.165) is 32.5 Å².